The van der Waals surface area contributed by atoms with E-state index in [9.17, 15) is 24.1 Å². The first-order chi connectivity index (χ1) is 11.4. The highest BCUT2D eigenvalue weighted by Gasteiger charge is 2.15. The van der Waals surface area contributed by atoms with Gasteiger partial charge >= 0.3 is 0 Å². The molecule has 0 spiro atoms. The maximum atomic E-state index is 13.7. The van der Waals surface area contributed by atoms with Crippen molar-refractivity contribution in [2.75, 3.05) is 7.11 Å². The number of ether oxygens (including phenoxy) is 1. The Morgan fingerprint density at radius 2 is 1.83 bits per heavy atom. The van der Waals surface area contributed by atoms with Gasteiger partial charge in [0.1, 0.15) is 11.6 Å². The van der Waals surface area contributed by atoms with Gasteiger partial charge in [0.05, 0.1) is 17.6 Å². The fourth-order valence-electron chi connectivity index (χ4n) is 1.82. The van der Waals surface area contributed by atoms with E-state index >= 15 is 0 Å². The van der Waals surface area contributed by atoms with E-state index in [1.165, 1.54) is 37.4 Å². The molecule has 0 radical (unpaired) electrons. The van der Waals surface area contributed by atoms with Gasteiger partial charge in [-0.25, -0.2) is 4.39 Å². The van der Waals surface area contributed by atoms with Crippen molar-refractivity contribution >= 4 is 17.5 Å². The zero-order valence-corrected chi connectivity index (χ0v) is 12.4. The summed E-state index contributed by atoms with van der Waals surface area (Å²) in [7, 11) is 1.35. The van der Waals surface area contributed by atoms with Crippen LogP contribution in [0.5, 0.6) is 5.75 Å². The minimum Gasteiger partial charge on any atom is -0.497 e. The van der Waals surface area contributed by atoms with Crippen molar-refractivity contribution in [3.63, 3.8) is 0 Å². The summed E-state index contributed by atoms with van der Waals surface area (Å²) in [6.45, 7) is 0. The number of rotatable bonds is 4. The summed E-state index contributed by atoms with van der Waals surface area (Å²) in [5.74, 6) is -2.24. The average molecular weight is 333 g/mol. The second-order valence-corrected chi connectivity index (χ2v) is 4.56. The summed E-state index contributed by atoms with van der Waals surface area (Å²) < 4.78 is 18.6. The maximum Gasteiger partial charge on any atom is 0.272 e. The first-order valence-electron chi connectivity index (χ1n) is 6.61. The molecular formula is C15H12FN3O5. The van der Waals surface area contributed by atoms with Gasteiger partial charge in [0.15, 0.2) is 0 Å². The van der Waals surface area contributed by atoms with Crippen molar-refractivity contribution < 1.29 is 23.6 Å². The van der Waals surface area contributed by atoms with Crippen molar-refractivity contribution in [1.29, 1.82) is 0 Å². The molecule has 0 unspecified atom stereocenters. The highest BCUT2D eigenvalue weighted by atomic mass is 19.1. The van der Waals surface area contributed by atoms with Crippen molar-refractivity contribution in [2.24, 2.45) is 0 Å². The zero-order valence-electron chi connectivity index (χ0n) is 12.4. The van der Waals surface area contributed by atoms with E-state index in [1.807, 2.05) is 5.43 Å². The Morgan fingerprint density at radius 3 is 2.46 bits per heavy atom. The van der Waals surface area contributed by atoms with Gasteiger partial charge in [-0.05, 0) is 18.2 Å². The van der Waals surface area contributed by atoms with Crippen LogP contribution in [0.1, 0.15) is 20.7 Å². The lowest BCUT2D eigenvalue weighted by Crippen LogP contribution is -2.41. The molecule has 2 rings (SSSR count). The molecule has 0 aliphatic rings. The third kappa shape index (κ3) is 3.83. The van der Waals surface area contributed by atoms with E-state index in [2.05, 4.69) is 5.43 Å². The molecule has 0 saturated heterocycles. The standard InChI is InChI=1S/C15H12FN3O5/c1-24-11-5-6-12(13(16)8-11)15(21)18-17-14(20)9-3-2-4-10(7-9)19(22)23/h2-8H,1H3,(H,17,20)(H,18,21). The molecule has 0 aliphatic heterocycles. The van der Waals surface area contributed by atoms with Crippen LogP contribution in [0.15, 0.2) is 42.5 Å². The number of non-ortho nitro benzene ring substituents is 1. The van der Waals surface area contributed by atoms with Crippen LogP contribution in [0, 0.1) is 15.9 Å². The number of methoxy groups -OCH3 is 1. The van der Waals surface area contributed by atoms with Gasteiger partial charge in [0.25, 0.3) is 17.5 Å². The number of nitro benzene ring substituents is 1. The van der Waals surface area contributed by atoms with Gasteiger partial charge in [-0.2, -0.15) is 0 Å². The minimum absolute atomic E-state index is 0.0281. The van der Waals surface area contributed by atoms with Crippen LogP contribution in [0.4, 0.5) is 10.1 Å². The summed E-state index contributed by atoms with van der Waals surface area (Å²) in [6.07, 6.45) is 0. The molecule has 0 saturated carbocycles. The Morgan fingerprint density at radius 1 is 1.12 bits per heavy atom. The van der Waals surface area contributed by atoms with Gasteiger partial charge in [-0.15, -0.1) is 0 Å². The van der Waals surface area contributed by atoms with Crippen LogP contribution in [-0.4, -0.2) is 23.8 Å². The van der Waals surface area contributed by atoms with E-state index in [1.54, 1.807) is 0 Å². The van der Waals surface area contributed by atoms with E-state index in [4.69, 9.17) is 4.74 Å². The highest BCUT2D eigenvalue weighted by molar-refractivity contribution is 5.99. The van der Waals surface area contributed by atoms with E-state index in [0.29, 0.717) is 0 Å². The topological polar surface area (TPSA) is 111 Å². The van der Waals surface area contributed by atoms with Gasteiger partial charge in [0.2, 0.25) is 0 Å². The normalized spacial score (nSPS) is 9.92. The summed E-state index contributed by atoms with van der Waals surface area (Å²) in [5, 5.41) is 10.7. The Labute approximate surface area is 135 Å². The zero-order chi connectivity index (χ0) is 17.7. The van der Waals surface area contributed by atoms with Crippen LogP contribution >= 0.6 is 0 Å². The van der Waals surface area contributed by atoms with Crippen molar-refractivity contribution in [3.8, 4) is 5.75 Å². The third-order valence-corrected chi connectivity index (χ3v) is 3.03. The molecule has 2 aromatic carbocycles. The lowest BCUT2D eigenvalue weighted by molar-refractivity contribution is -0.384. The number of hydrazine groups is 1. The van der Waals surface area contributed by atoms with Crippen LogP contribution in [-0.2, 0) is 0 Å². The predicted molar refractivity (Wildman–Crippen MR) is 81.0 cm³/mol. The summed E-state index contributed by atoms with van der Waals surface area (Å²) >= 11 is 0. The van der Waals surface area contributed by atoms with E-state index in [-0.39, 0.29) is 22.6 Å². The second-order valence-electron chi connectivity index (χ2n) is 4.56. The van der Waals surface area contributed by atoms with Crippen LogP contribution in [0.3, 0.4) is 0 Å². The Kier molecular flexibility index (Phi) is 5.05. The van der Waals surface area contributed by atoms with Gasteiger partial charge < -0.3 is 4.74 Å². The van der Waals surface area contributed by atoms with E-state index in [0.717, 1.165) is 12.1 Å². The predicted octanol–water partition coefficient (Wildman–Crippen LogP) is 1.82. The minimum atomic E-state index is -0.881. The van der Waals surface area contributed by atoms with Gasteiger partial charge in [-0.3, -0.25) is 30.6 Å². The molecule has 0 fully saturated rings. The number of amides is 2. The first kappa shape index (κ1) is 16.9. The molecule has 2 amide bonds. The van der Waals surface area contributed by atoms with Crippen molar-refractivity contribution in [2.45, 2.75) is 0 Å². The number of benzene rings is 2. The summed E-state index contributed by atoms with van der Waals surface area (Å²) in [6, 6.07) is 8.55. The van der Waals surface area contributed by atoms with Crippen LogP contribution in [0.25, 0.3) is 0 Å². The molecule has 2 aromatic rings. The number of nitro groups is 1. The number of halogens is 1. The molecular weight excluding hydrogens is 321 g/mol. The molecule has 124 valence electrons. The van der Waals surface area contributed by atoms with Crippen LogP contribution in [0.2, 0.25) is 0 Å². The number of hydrogen-bond donors (Lipinski definition) is 2. The molecule has 0 atom stereocenters. The van der Waals surface area contributed by atoms with Crippen molar-refractivity contribution in [3.05, 3.63) is 69.5 Å². The highest BCUT2D eigenvalue weighted by Crippen LogP contribution is 2.16. The monoisotopic (exact) mass is 333 g/mol. The lowest BCUT2D eigenvalue weighted by atomic mass is 10.2. The molecule has 0 aliphatic carbocycles. The number of nitrogens with zero attached hydrogens (tertiary/aromatic N) is 1. The first-order valence-corrected chi connectivity index (χ1v) is 6.61. The second kappa shape index (κ2) is 7.18. The van der Waals surface area contributed by atoms with E-state index < -0.39 is 22.6 Å². The van der Waals surface area contributed by atoms with Crippen molar-refractivity contribution in [1.82, 2.24) is 10.9 Å². The fourth-order valence-corrected chi connectivity index (χ4v) is 1.82. The third-order valence-electron chi connectivity index (χ3n) is 3.03. The molecule has 0 aromatic heterocycles. The number of hydrogen-bond acceptors (Lipinski definition) is 5. The number of carbonyl (C=O) groups is 2. The molecule has 0 heterocycles. The average Bonchev–Trinajstić information content (AvgIpc) is 2.59. The molecule has 9 heteroatoms. The fraction of sp³-hybridized carbons (Fsp3) is 0.0667. The Balaban J connectivity index is 2.05. The smallest absolute Gasteiger partial charge is 0.272 e. The Hall–Kier alpha value is -3.49. The van der Waals surface area contributed by atoms with Gasteiger partial charge in [-0.1, -0.05) is 6.07 Å². The quantitative estimate of drug-likeness (QED) is 0.655. The number of carbonyl (C=O) groups excluding carboxylic acids is 2. The molecule has 8 nitrogen and oxygen atoms in total. The largest absolute Gasteiger partial charge is 0.497 e. The summed E-state index contributed by atoms with van der Waals surface area (Å²) in [5.41, 5.74) is 3.50. The lowest BCUT2D eigenvalue weighted by Gasteiger charge is -2.09. The SMILES string of the molecule is COc1ccc(C(=O)NNC(=O)c2cccc([N+](=O)[O-])c2)c(F)c1. The summed E-state index contributed by atoms with van der Waals surface area (Å²) in [4.78, 5) is 33.8. The molecule has 24 heavy (non-hydrogen) atoms. The van der Waals surface area contributed by atoms with Gasteiger partial charge in [0, 0.05) is 23.8 Å². The molecule has 2 N–H and O–H groups in total. The molecule has 0 bridgehead atoms. The van der Waals surface area contributed by atoms with Crippen LogP contribution < -0.4 is 15.6 Å². The maximum absolute atomic E-state index is 13.7. The Bertz CT molecular complexity index is 809. The number of nitrogens with one attached hydrogen (secondary N) is 2.